The summed E-state index contributed by atoms with van der Waals surface area (Å²) in [6, 6.07) is 22.4. The SMILES string of the molecule is N#Cc1ccccc1NC(=O)c1ccc2ccccc2c1. The average Bonchev–Trinajstić information content (AvgIpc) is 2.55. The molecule has 0 saturated carbocycles. The van der Waals surface area contributed by atoms with Gasteiger partial charge in [0.15, 0.2) is 0 Å². The van der Waals surface area contributed by atoms with Gasteiger partial charge in [0.05, 0.1) is 11.3 Å². The molecule has 0 fully saturated rings. The summed E-state index contributed by atoms with van der Waals surface area (Å²) in [4.78, 5) is 12.3. The molecule has 0 aliphatic rings. The Hall–Kier alpha value is -3.12. The number of fused-ring (bicyclic) bond motifs is 1. The molecule has 1 N–H and O–H groups in total. The van der Waals surface area contributed by atoms with Gasteiger partial charge in [0.1, 0.15) is 6.07 Å². The molecule has 21 heavy (non-hydrogen) atoms. The maximum absolute atomic E-state index is 12.3. The van der Waals surface area contributed by atoms with Gasteiger partial charge in [0.2, 0.25) is 0 Å². The molecule has 0 saturated heterocycles. The van der Waals surface area contributed by atoms with E-state index >= 15 is 0 Å². The Morgan fingerprint density at radius 1 is 0.905 bits per heavy atom. The zero-order valence-electron chi connectivity index (χ0n) is 11.2. The number of rotatable bonds is 2. The van der Waals surface area contributed by atoms with Gasteiger partial charge in [-0.1, -0.05) is 42.5 Å². The lowest BCUT2D eigenvalue weighted by Crippen LogP contribution is -2.12. The summed E-state index contributed by atoms with van der Waals surface area (Å²) < 4.78 is 0. The van der Waals surface area contributed by atoms with E-state index in [0.29, 0.717) is 16.8 Å². The highest BCUT2D eigenvalue weighted by Crippen LogP contribution is 2.18. The van der Waals surface area contributed by atoms with Crippen LogP contribution in [0.5, 0.6) is 0 Å². The highest BCUT2D eigenvalue weighted by Gasteiger charge is 2.09. The van der Waals surface area contributed by atoms with Gasteiger partial charge in [0.25, 0.3) is 5.91 Å². The van der Waals surface area contributed by atoms with Gasteiger partial charge in [-0.3, -0.25) is 4.79 Å². The predicted octanol–water partition coefficient (Wildman–Crippen LogP) is 3.96. The molecule has 0 aliphatic carbocycles. The van der Waals surface area contributed by atoms with Gasteiger partial charge in [-0.25, -0.2) is 0 Å². The fourth-order valence-electron chi connectivity index (χ4n) is 2.21. The molecule has 3 aromatic rings. The predicted molar refractivity (Wildman–Crippen MR) is 83.1 cm³/mol. The second-order valence-electron chi connectivity index (χ2n) is 4.67. The van der Waals surface area contributed by atoms with Crippen molar-refractivity contribution in [2.45, 2.75) is 0 Å². The number of para-hydroxylation sites is 1. The van der Waals surface area contributed by atoms with Crippen molar-refractivity contribution >= 4 is 22.4 Å². The molecule has 3 heteroatoms. The topological polar surface area (TPSA) is 52.9 Å². The maximum atomic E-state index is 12.3. The van der Waals surface area contributed by atoms with E-state index < -0.39 is 0 Å². The fraction of sp³-hybridized carbons (Fsp3) is 0. The normalized spacial score (nSPS) is 10.0. The number of hydrogen-bond acceptors (Lipinski definition) is 2. The molecule has 1 amide bonds. The zero-order chi connectivity index (χ0) is 14.7. The van der Waals surface area contributed by atoms with Crippen LogP contribution in [0.1, 0.15) is 15.9 Å². The summed E-state index contributed by atoms with van der Waals surface area (Å²) in [5.41, 5.74) is 1.55. The van der Waals surface area contributed by atoms with Crippen LogP contribution in [0.2, 0.25) is 0 Å². The maximum Gasteiger partial charge on any atom is 0.255 e. The van der Waals surface area contributed by atoms with Crippen LogP contribution in [0, 0.1) is 11.3 Å². The van der Waals surface area contributed by atoms with Gasteiger partial charge >= 0.3 is 0 Å². The number of benzene rings is 3. The highest BCUT2D eigenvalue weighted by molar-refractivity contribution is 6.06. The van der Waals surface area contributed by atoms with Crippen LogP contribution >= 0.6 is 0 Å². The van der Waals surface area contributed by atoms with Crippen molar-refractivity contribution in [3.8, 4) is 6.07 Å². The molecule has 0 heterocycles. The molecular formula is C18H12N2O. The van der Waals surface area contributed by atoms with E-state index in [4.69, 9.17) is 5.26 Å². The molecule has 0 bridgehead atoms. The molecule has 0 atom stereocenters. The molecule has 3 rings (SSSR count). The van der Waals surface area contributed by atoms with Crippen molar-refractivity contribution in [2.75, 3.05) is 5.32 Å². The van der Waals surface area contributed by atoms with Gasteiger partial charge < -0.3 is 5.32 Å². The number of nitrogens with one attached hydrogen (secondary N) is 1. The van der Waals surface area contributed by atoms with E-state index in [9.17, 15) is 4.79 Å². The van der Waals surface area contributed by atoms with E-state index in [-0.39, 0.29) is 5.91 Å². The molecular weight excluding hydrogens is 260 g/mol. The minimum absolute atomic E-state index is 0.219. The first kappa shape index (κ1) is 12.9. The Labute approximate surface area is 122 Å². The van der Waals surface area contributed by atoms with Crippen LogP contribution in [-0.2, 0) is 0 Å². The zero-order valence-corrected chi connectivity index (χ0v) is 11.2. The second kappa shape index (κ2) is 5.48. The van der Waals surface area contributed by atoms with Crippen LogP contribution in [-0.4, -0.2) is 5.91 Å². The van der Waals surface area contributed by atoms with E-state index in [1.807, 2.05) is 36.4 Å². The Morgan fingerprint density at radius 3 is 2.43 bits per heavy atom. The monoisotopic (exact) mass is 272 g/mol. The Balaban J connectivity index is 1.92. The number of carbonyl (C=O) groups excluding carboxylic acids is 1. The van der Waals surface area contributed by atoms with Crippen LogP contribution < -0.4 is 5.32 Å². The van der Waals surface area contributed by atoms with E-state index in [0.717, 1.165) is 10.8 Å². The fourth-order valence-corrected chi connectivity index (χ4v) is 2.21. The van der Waals surface area contributed by atoms with Gasteiger partial charge in [-0.05, 0) is 35.0 Å². The summed E-state index contributed by atoms with van der Waals surface area (Å²) in [6.07, 6.45) is 0. The molecule has 0 unspecified atom stereocenters. The lowest BCUT2D eigenvalue weighted by molar-refractivity contribution is 0.102. The average molecular weight is 272 g/mol. The molecule has 3 aromatic carbocycles. The van der Waals surface area contributed by atoms with Crippen molar-refractivity contribution in [3.63, 3.8) is 0 Å². The highest BCUT2D eigenvalue weighted by atomic mass is 16.1. The first-order chi connectivity index (χ1) is 10.3. The number of nitrogens with zero attached hydrogens (tertiary/aromatic N) is 1. The number of hydrogen-bond donors (Lipinski definition) is 1. The molecule has 100 valence electrons. The van der Waals surface area contributed by atoms with Crippen LogP contribution in [0.15, 0.2) is 66.7 Å². The minimum atomic E-state index is -0.219. The van der Waals surface area contributed by atoms with Crippen LogP contribution in [0.3, 0.4) is 0 Å². The van der Waals surface area contributed by atoms with Gasteiger partial charge in [-0.2, -0.15) is 5.26 Å². The van der Waals surface area contributed by atoms with Crippen LogP contribution in [0.25, 0.3) is 10.8 Å². The number of carbonyl (C=O) groups is 1. The van der Waals surface area contributed by atoms with E-state index in [2.05, 4.69) is 11.4 Å². The van der Waals surface area contributed by atoms with Crippen molar-refractivity contribution < 1.29 is 4.79 Å². The Bertz CT molecular complexity index is 862. The van der Waals surface area contributed by atoms with Crippen LogP contribution in [0.4, 0.5) is 5.69 Å². The molecule has 3 nitrogen and oxygen atoms in total. The summed E-state index contributed by atoms with van der Waals surface area (Å²) in [7, 11) is 0. The minimum Gasteiger partial charge on any atom is -0.321 e. The lowest BCUT2D eigenvalue weighted by atomic mass is 10.1. The molecule has 0 spiro atoms. The first-order valence-corrected chi connectivity index (χ1v) is 6.57. The lowest BCUT2D eigenvalue weighted by Gasteiger charge is -2.07. The smallest absolute Gasteiger partial charge is 0.255 e. The van der Waals surface area contributed by atoms with Gasteiger partial charge in [0, 0.05) is 5.56 Å². The third-order valence-electron chi connectivity index (χ3n) is 3.31. The van der Waals surface area contributed by atoms with E-state index in [1.54, 1.807) is 30.3 Å². The first-order valence-electron chi connectivity index (χ1n) is 6.57. The third kappa shape index (κ3) is 2.60. The summed E-state index contributed by atoms with van der Waals surface area (Å²) >= 11 is 0. The molecule has 0 aromatic heterocycles. The Kier molecular flexibility index (Phi) is 3.36. The number of amides is 1. The van der Waals surface area contributed by atoms with Crippen molar-refractivity contribution in [3.05, 3.63) is 77.9 Å². The third-order valence-corrected chi connectivity index (χ3v) is 3.31. The standard InChI is InChI=1S/C18H12N2O/c19-12-16-7-3-4-8-17(16)20-18(21)15-10-9-13-5-1-2-6-14(13)11-15/h1-11H,(H,20,21). The van der Waals surface area contributed by atoms with E-state index in [1.165, 1.54) is 0 Å². The second-order valence-corrected chi connectivity index (χ2v) is 4.67. The largest absolute Gasteiger partial charge is 0.321 e. The molecule has 0 radical (unpaired) electrons. The number of anilines is 1. The summed E-state index contributed by atoms with van der Waals surface area (Å²) in [5.74, 6) is -0.219. The summed E-state index contributed by atoms with van der Waals surface area (Å²) in [5, 5.41) is 13.9. The van der Waals surface area contributed by atoms with Crippen molar-refractivity contribution in [1.82, 2.24) is 0 Å². The Morgan fingerprint density at radius 2 is 1.62 bits per heavy atom. The quantitative estimate of drug-likeness (QED) is 0.767. The van der Waals surface area contributed by atoms with Crippen molar-refractivity contribution in [1.29, 1.82) is 5.26 Å². The molecule has 0 aliphatic heterocycles. The van der Waals surface area contributed by atoms with Gasteiger partial charge in [-0.15, -0.1) is 0 Å². The van der Waals surface area contributed by atoms with Crippen molar-refractivity contribution in [2.24, 2.45) is 0 Å². The summed E-state index contributed by atoms with van der Waals surface area (Å²) in [6.45, 7) is 0. The number of nitriles is 1.